The standard InChI is InChI=1S/C5H8INS/c6-3-1-5(8)2-4-7/h2,4H,1,3,7H2/b4-2-. The van der Waals surface area contributed by atoms with E-state index in [1.807, 2.05) is 0 Å². The molecule has 0 aromatic heterocycles. The molecule has 46 valence electrons. The van der Waals surface area contributed by atoms with E-state index in [4.69, 9.17) is 18.0 Å². The maximum absolute atomic E-state index is 5.09. The van der Waals surface area contributed by atoms with Crippen molar-refractivity contribution < 1.29 is 0 Å². The molecule has 0 aliphatic rings. The third-order valence-electron chi connectivity index (χ3n) is 0.623. The molecular weight excluding hydrogens is 233 g/mol. The Morgan fingerprint density at radius 1 is 1.75 bits per heavy atom. The first-order valence-electron chi connectivity index (χ1n) is 2.28. The van der Waals surface area contributed by atoms with E-state index in [0.29, 0.717) is 0 Å². The first-order chi connectivity index (χ1) is 3.81. The molecule has 0 heterocycles. The number of rotatable bonds is 3. The molecule has 0 aliphatic carbocycles. The summed E-state index contributed by atoms with van der Waals surface area (Å²) in [4.78, 5) is 0.932. The van der Waals surface area contributed by atoms with Gasteiger partial charge >= 0.3 is 0 Å². The number of alkyl halides is 1. The predicted octanol–water partition coefficient (Wildman–Crippen LogP) is 1.65. The smallest absolute Gasteiger partial charge is 0.0174 e. The molecule has 0 unspecified atom stereocenters. The molecule has 0 bridgehead atoms. The van der Waals surface area contributed by atoms with Gasteiger partial charge in [-0.3, -0.25) is 0 Å². The fourth-order valence-corrected chi connectivity index (χ4v) is 1.41. The molecule has 0 fully saturated rings. The van der Waals surface area contributed by atoms with Gasteiger partial charge in [-0.15, -0.1) is 0 Å². The quantitative estimate of drug-likeness (QED) is 0.352. The molecule has 0 saturated carbocycles. The fraction of sp³-hybridized carbons (Fsp3) is 0.400. The van der Waals surface area contributed by atoms with Gasteiger partial charge in [0, 0.05) is 9.29 Å². The second-order valence-corrected chi connectivity index (χ2v) is 2.87. The van der Waals surface area contributed by atoms with Gasteiger partial charge in [0.05, 0.1) is 0 Å². The van der Waals surface area contributed by atoms with Gasteiger partial charge in [-0.1, -0.05) is 34.8 Å². The van der Waals surface area contributed by atoms with Crippen LogP contribution in [0.15, 0.2) is 12.3 Å². The molecule has 0 rings (SSSR count). The van der Waals surface area contributed by atoms with Gasteiger partial charge < -0.3 is 5.73 Å². The highest BCUT2D eigenvalue weighted by atomic mass is 127. The van der Waals surface area contributed by atoms with Crippen LogP contribution in [0.4, 0.5) is 0 Å². The third-order valence-corrected chi connectivity index (χ3v) is 1.50. The van der Waals surface area contributed by atoms with Crippen molar-refractivity contribution in [3.05, 3.63) is 12.3 Å². The van der Waals surface area contributed by atoms with Crippen LogP contribution in [0.5, 0.6) is 0 Å². The topological polar surface area (TPSA) is 26.0 Å². The molecule has 0 aliphatic heterocycles. The van der Waals surface area contributed by atoms with Crippen molar-refractivity contribution in [2.75, 3.05) is 4.43 Å². The van der Waals surface area contributed by atoms with Crippen molar-refractivity contribution in [2.45, 2.75) is 6.42 Å². The van der Waals surface area contributed by atoms with E-state index in [9.17, 15) is 0 Å². The average Bonchev–Trinajstić information content (AvgIpc) is 1.68. The van der Waals surface area contributed by atoms with Crippen molar-refractivity contribution >= 4 is 39.7 Å². The van der Waals surface area contributed by atoms with Crippen LogP contribution in [0.25, 0.3) is 0 Å². The molecule has 0 aromatic carbocycles. The molecule has 0 saturated heterocycles. The second kappa shape index (κ2) is 5.50. The molecule has 3 heteroatoms. The van der Waals surface area contributed by atoms with Crippen molar-refractivity contribution in [3.63, 3.8) is 0 Å². The van der Waals surface area contributed by atoms with E-state index in [1.54, 1.807) is 6.08 Å². The molecule has 2 N–H and O–H groups in total. The van der Waals surface area contributed by atoms with Crippen molar-refractivity contribution in [1.29, 1.82) is 0 Å². The molecule has 0 amide bonds. The van der Waals surface area contributed by atoms with Crippen LogP contribution in [-0.4, -0.2) is 9.29 Å². The Balaban J connectivity index is 3.33. The summed E-state index contributed by atoms with van der Waals surface area (Å²) >= 11 is 7.16. The van der Waals surface area contributed by atoms with E-state index >= 15 is 0 Å². The fourth-order valence-electron chi connectivity index (χ4n) is 0.284. The van der Waals surface area contributed by atoms with Crippen LogP contribution in [0, 0.1) is 0 Å². The molecule has 0 aromatic rings. The van der Waals surface area contributed by atoms with Crippen LogP contribution in [0.1, 0.15) is 6.42 Å². The summed E-state index contributed by atoms with van der Waals surface area (Å²) < 4.78 is 1.07. The SMILES string of the molecule is N/C=C\C(=S)CCI. The summed E-state index contributed by atoms with van der Waals surface area (Å²) in [5.74, 6) is 0. The van der Waals surface area contributed by atoms with E-state index in [1.165, 1.54) is 6.20 Å². The van der Waals surface area contributed by atoms with Crippen LogP contribution in [-0.2, 0) is 0 Å². The molecule has 0 radical (unpaired) electrons. The number of halogens is 1. The number of hydrogen-bond donors (Lipinski definition) is 1. The van der Waals surface area contributed by atoms with Crippen molar-refractivity contribution in [1.82, 2.24) is 0 Å². The van der Waals surface area contributed by atoms with E-state index in [2.05, 4.69) is 22.6 Å². The van der Waals surface area contributed by atoms with Gasteiger partial charge in [0.25, 0.3) is 0 Å². The van der Waals surface area contributed by atoms with Gasteiger partial charge in [0.15, 0.2) is 0 Å². The van der Waals surface area contributed by atoms with E-state index in [0.717, 1.165) is 15.7 Å². The van der Waals surface area contributed by atoms with Gasteiger partial charge in [-0.05, 0) is 18.7 Å². The Morgan fingerprint density at radius 2 is 2.38 bits per heavy atom. The monoisotopic (exact) mass is 241 g/mol. The lowest BCUT2D eigenvalue weighted by Gasteiger charge is -1.87. The Kier molecular flexibility index (Phi) is 5.74. The zero-order valence-corrected chi connectivity index (χ0v) is 7.41. The predicted molar refractivity (Wildman–Crippen MR) is 49.4 cm³/mol. The maximum atomic E-state index is 5.09. The summed E-state index contributed by atoms with van der Waals surface area (Å²) in [5.41, 5.74) is 5.09. The van der Waals surface area contributed by atoms with Gasteiger partial charge in [0.2, 0.25) is 0 Å². The van der Waals surface area contributed by atoms with Crippen LogP contribution in [0.2, 0.25) is 0 Å². The Hall–Kier alpha value is 0.360. The number of allylic oxidation sites excluding steroid dienone is 1. The molecule has 0 spiro atoms. The van der Waals surface area contributed by atoms with Crippen LogP contribution >= 0.6 is 34.8 Å². The first-order valence-corrected chi connectivity index (χ1v) is 4.21. The average molecular weight is 241 g/mol. The molecule has 1 nitrogen and oxygen atoms in total. The van der Waals surface area contributed by atoms with Crippen LogP contribution < -0.4 is 5.73 Å². The summed E-state index contributed by atoms with van der Waals surface area (Å²) in [7, 11) is 0. The minimum atomic E-state index is 0.932. The van der Waals surface area contributed by atoms with Crippen molar-refractivity contribution in [2.24, 2.45) is 5.73 Å². The molecule has 0 atom stereocenters. The normalized spacial score (nSPS) is 10.1. The Labute approximate surface area is 68.5 Å². The summed E-state index contributed by atoms with van der Waals surface area (Å²) in [6.45, 7) is 0. The van der Waals surface area contributed by atoms with Gasteiger partial charge in [-0.25, -0.2) is 0 Å². The zero-order chi connectivity index (χ0) is 6.41. The highest BCUT2D eigenvalue weighted by molar-refractivity contribution is 14.1. The van der Waals surface area contributed by atoms with E-state index in [-0.39, 0.29) is 0 Å². The summed E-state index contributed by atoms with van der Waals surface area (Å²) in [6, 6.07) is 0. The van der Waals surface area contributed by atoms with E-state index < -0.39 is 0 Å². The molecular formula is C5H8INS. The highest BCUT2D eigenvalue weighted by Gasteiger charge is 1.85. The lowest BCUT2D eigenvalue weighted by molar-refractivity contribution is 1.39. The lowest BCUT2D eigenvalue weighted by Crippen LogP contribution is -1.90. The highest BCUT2D eigenvalue weighted by Crippen LogP contribution is 1.92. The Morgan fingerprint density at radius 3 is 2.75 bits per heavy atom. The zero-order valence-electron chi connectivity index (χ0n) is 4.43. The minimum absolute atomic E-state index is 0.932. The third kappa shape index (κ3) is 4.52. The maximum Gasteiger partial charge on any atom is 0.0174 e. The second-order valence-electron chi connectivity index (χ2n) is 1.26. The number of nitrogens with two attached hydrogens (primary N) is 1. The largest absolute Gasteiger partial charge is 0.405 e. The summed E-state index contributed by atoms with van der Waals surface area (Å²) in [6.07, 6.45) is 4.20. The lowest BCUT2D eigenvalue weighted by atomic mass is 10.3. The number of hydrogen-bond acceptors (Lipinski definition) is 2. The Bertz CT molecular complexity index is 101. The molecule has 8 heavy (non-hydrogen) atoms. The number of thiocarbonyl (C=S) groups is 1. The van der Waals surface area contributed by atoms with Gasteiger partial charge in [-0.2, -0.15) is 0 Å². The van der Waals surface area contributed by atoms with Gasteiger partial charge in [0.1, 0.15) is 0 Å². The minimum Gasteiger partial charge on any atom is -0.405 e. The van der Waals surface area contributed by atoms with Crippen LogP contribution in [0.3, 0.4) is 0 Å². The first kappa shape index (κ1) is 8.36. The van der Waals surface area contributed by atoms with Crippen molar-refractivity contribution in [3.8, 4) is 0 Å². The summed E-state index contributed by atoms with van der Waals surface area (Å²) in [5, 5.41) is 0.